The maximum Gasteiger partial charge on any atom is 0.179 e. The Morgan fingerprint density at radius 2 is 1.20 bits per heavy atom. The van der Waals surface area contributed by atoms with E-state index < -0.39 is 0 Å². The Kier molecular flexibility index (Phi) is 3.47. The van der Waals surface area contributed by atoms with Crippen molar-refractivity contribution in [3.05, 3.63) is 101 Å². The van der Waals surface area contributed by atoms with Gasteiger partial charge < -0.3 is 9.52 Å². The lowest BCUT2D eigenvalue weighted by atomic mass is 9.94. The summed E-state index contributed by atoms with van der Waals surface area (Å²) in [7, 11) is 0. The number of phenols is 1. The summed E-state index contributed by atoms with van der Waals surface area (Å²) < 4.78 is 6.53. The number of benzene rings is 5. The third kappa shape index (κ3) is 2.42. The minimum atomic E-state index is -0.0214. The second kappa shape index (κ2) is 6.19. The van der Waals surface area contributed by atoms with Crippen molar-refractivity contribution in [2.24, 2.45) is 0 Å². The van der Waals surface area contributed by atoms with Crippen LogP contribution in [-0.4, -0.2) is 5.11 Å². The van der Waals surface area contributed by atoms with Crippen molar-refractivity contribution in [1.29, 1.82) is 0 Å². The van der Waals surface area contributed by atoms with Gasteiger partial charge in [-0.05, 0) is 64.9 Å². The quantitative estimate of drug-likeness (QED) is 0.254. The minimum absolute atomic E-state index is 0.0214. The molecule has 1 N–H and O–H groups in total. The predicted molar refractivity (Wildman–Crippen MR) is 122 cm³/mol. The number of fused-ring (bicyclic) bond motifs is 6. The van der Waals surface area contributed by atoms with Crippen molar-refractivity contribution < 1.29 is 9.52 Å². The fraction of sp³-hybridized carbons (Fsp3) is 0. The summed E-state index contributed by atoms with van der Waals surface area (Å²) in [5, 5.41) is 15.5. The molecule has 1 heterocycles. The monoisotopic (exact) mass is 388 g/mol. The molecule has 30 heavy (non-hydrogen) atoms. The van der Waals surface area contributed by atoms with E-state index in [1.807, 2.05) is 54.6 Å². The van der Waals surface area contributed by atoms with Gasteiger partial charge in [-0.1, -0.05) is 42.5 Å². The van der Waals surface area contributed by atoms with Crippen LogP contribution in [0.3, 0.4) is 0 Å². The number of aromatic hydroxyl groups is 1. The van der Waals surface area contributed by atoms with Crippen molar-refractivity contribution in [2.45, 2.75) is 0 Å². The number of phenolic OH excluding ortho intramolecular Hbond substituents is 1. The van der Waals surface area contributed by atoms with Gasteiger partial charge in [0.2, 0.25) is 0 Å². The molecule has 0 aliphatic heterocycles. The molecule has 0 saturated carbocycles. The zero-order valence-corrected chi connectivity index (χ0v) is 15.9. The molecule has 0 amide bonds. The highest BCUT2D eigenvalue weighted by Crippen LogP contribution is 2.41. The largest absolute Gasteiger partial charge is 0.508 e. The van der Waals surface area contributed by atoms with Gasteiger partial charge in [-0.2, -0.15) is 0 Å². The summed E-state index contributed by atoms with van der Waals surface area (Å²) in [5.74, 6) is 0.222. The number of hydrogen-bond donors (Lipinski definition) is 1. The van der Waals surface area contributed by atoms with Crippen LogP contribution < -0.4 is 5.43 Å². The number of rotatable bonds is 1. The fourth-order valence-corrected chi connectivity index (χ4v) is 4.34. The molecule has 0 spiro atoms. The van der Waals surface area contributed by atoms with Crippen LogP contribution in [0.25, 0.3) is 54.6 Å². The van der Waals surface area contributed by atoms with Crippen LogP contribution >= 0.6 is 0 Å². The van der Waals surface area contributed by atoms with E-state index in [0.717, 1.165) is 54.6 Å². The van der Waals surface area contributed by atoms with Gasteiger partial charge in [0.15, 0.2) is 5.43 Å². The van der Waals surface area contributed by atoms with Gasteiger partial charge in [0.1, 0.15) is 16.9 Å². The zero-order valence-electron chi connectivity index (χ0n) is 15.9. The molecule has 3 heteroatoms. The standard InChI is InChI=1S/C27H16O3/c28-19-8-12-21-17(14-19)6-10-23-25(16-4-2-1-3-5-16)24-11-7-18-15-20(29)9-13-22(18)27(24)30-26(21)23/h1-15,28H. The van der Waals surface area contributed by atoms with Crippen LogP contribution in [0, 0.1) is 0 Å². The summed E-state index contributed by atoms with van der Waals surface area (Å²) in [4.78, 5) is 11.9. The van der Waals surface area contributed by atoms with E-state index in [9.17, 15) is 9.90 Å². The molecular formula is C27H16O3. The lowest BCUT2D eigenvalue weighted by molar-refractivity contribution is 0.476. The topological polar surface area (TPSA) is 50.4 Å². The van der Waals surface area contributed by atoms with Crippen molar-refractivity contribution in [3.63, 3.8) is 0 Å². The Morgan fingerprint density at radius 1 is 0.600 bits per heavy atom. The number of hydrogen-bond acceptors (Lipinski definition) is 3. The van der Waals surface area contributed by atoms with Crippen molar-refractivity contribution >= 4 is 43.5 Å². The zero-order chi connectivity index (χ0) is 20.2. The van der Waals surface area contributed by atoms with Gasteiger partial charge in [-0.25, -0.2) is 0 Å². The summed E-state index contributed by atoms with van der Waals surface area (Å²) in [6.45, 7) is 0. The summed E-state index contributed by atoms with van der Waals surface area (Å²) in [5.41, 5.74) is 3.68. The minimum Gasteiger partial charge on any atom is -0.508 e. The molecule has 0 fully saturated rings. The highest BCUT2D eigenvalue weighted by molar-refractivity contribution is 6.19. The molecule has 0 aliphatic rings. The highest BCUT2D eigenvalue weighted by atomic mass is 16.3. The van der Waals surface area contributed by atoms with Gasteiger partial charge in [-0.3, -0.25) is 4.79 Å². The molecule has 0 unspecified atom stereocenters. The summed E-state index contributed by atoms with van der Waals surface area (Å²) in [6.07, 6.45) is 0. The Balaban J connectivity index is 1.90. The van der Waals surface area contributed by atoms with Gasteiger partial charge in [-0.15, -0.1) is 0 Å². The van der Waals surface area contributed by atoms with Crippen LogP contribution in [0.5, 0.6) is 5.75 Å². The Labute approximate surface area is 171 Å². The molecule has 0 bridgehead atoms. The average molecular weight is 388 g/mol. The van der Waals surface area contributed by atoms with E-state index in [0.29, 0.717) is 0 Å². The van der Waals surface area contributed by atoms with E-state index in [4.69, 9.17) is 4.42 Å². The van der Waals surface area contributed by atoms with E-state index in [1.165, 1.54) is 0 Å². The maximum atomic E-state index is 11.9. The molecule has 142 valence electrons. The smallest absolute Gasteiger partial charge is 0.179 e. The molecule has 0 atom stereocenters. The molecule has 5 aromatic carbocycles. The first-order valence-electron chi connectivity index (χ1n) is 9.79. The van der Waals surface area contributed by atoms with Gasteiger partial charge in [0.25, 0.3) is 0 Å². The van der Waals surface area contributed by atoms with Crippen LogP contribution in [0.2, 0.25) is 0 Å². The predicted octanol–water partition coefficient (Wildman–Crippen LogP) is 6.63. The third-order valence-corrected chi connectivity index (χ3v) is 5.70. The third-order valence-electron chi connectivity index (χ3n) is 5.70. The second-order valence-electron chi connectivity index (χ2n) is 7.52. The van der Waals surface area contributed by atoms with Crippen LogP contribution in [0.1, 0.15) is 0 Å². The van der Waals surface area contributed by atoms with Crippen molar-refractivity contribution in [1.82, 2.24) is 0 Å². The first kappa shape index (κ1) is 16.8. The van der Waals surface area contributed by atoms with Gasteiger partial charge in [0, 0.05) is 27.1 Å². The van der Waals surface area contributed by atoms with Crippen molar-refractivity contribution in [2.75, 3.05) is 0 Å². The molecule has 6 rings (SSSR count). The Morgan fingerprint density at radius 3 is 1.90 bits per heavy atom. The van der Waals surface area contributed by atoms with Crippen LogP contribution in [0.4, 0.5) is 0 Å². The lowest BCUT2D eigenvalue weighted by Gasteiger charge is -2.14. The van der Waals surface area contributed by atoms with E-state index >= 15 is 0 Å². The molecule has 1 aromatic heterocycles. The van der Waals surface area contributed by atoms with E-state index in [1.54, 1.807) is 24.3 Å². The lowest BCUT2D eigenvalue weighted by Crippen LogP contribution is -1.95. The van der Waals surface area contributed by atoms with E-state index in [-0.39, 0.29) is 11.2 Å². The molecule has 0 aliphatic carbocycles. The van der Waals surface area contributed by atoms with Gasteiger partial charge in [0.05, 0.1) is 0 Å². The van der Waals surface area contributed by atoms with Gasteiger partial charge >= 0.3 is 0 Å². The Bertz CT molecular complexity index is 1660. The first-order chi connectivity index (χ1) is 14.7. The second-order valence-corrected chi connectivity index (χ2v) is 7.52. The fourth-order valence-electron chi connectivity index (χ4n) is 4.34. The first-order valence-corrected chi connectivity index (χ1v) is 9.79. The summed E-state index contributed by atoms with van der Waals surface area (Å²) in [6, 6.07) is 28.7. The Hall–Kier alpha value is -4.11. The molecule has 6 aromatic rings. The highest BCUT2D eigenvalue weighted by Gasteiger charge is 2.16. The van der Waals surface area contributed by atoms with Crippen molar-refractivity contribution in [3.8, 4) is 16.9 Å². The van der Waals surface area contributed by atoms with Crippen LogP contribution in [0.15, 0.2) is 100 Å². The maximum absolute atomic E-state index is 11.9. The molecule has 3 nitrogen and oxygen atoms in total. The molecule has 0 saturated heterocycles. The SMILES string of the molecule is O=c1ccc2c(ccc3c(-c4ccccc4)c4ccc5cc(O)ccc5c4oc32)c1. The normalized spacial score (nSPS) is 11.6. The molecular weight excluding hydrogens is 372 g/mol. The average Bonchev–Trinajstić information content (AvgIpc) is 2.77. The summed E-state index contributed by atoms with van der Waals surface area (Å²) >= 11 is 0. The molecule has 0 radical (unpaired) electrons. The van der Waals surface area contributed by atoms with E-state index in [2.05, 4.69) is 12.1 Å². The van der Waals surface area contributed by atoms with Crippen LogP contribution in [-0.2, 0) is 0 Å².